The molecule has 1 N–H and O–H groups in total. The summed E-state index contributed by atoms with van der Waals surface area (Å²) in [6.07, 6.45) is 0. The number of esters is 1. The number of halogens is 1. The Balaban J connectivity index is 1.73. The van der Waals surface area contributed by atoms with Gasteiger partial charge in [-0.25, -0.2) is 4.79 Å². The van der Waals surface area contributed by atoms with E-state index in [0.29, 0.717) is 0 Å². The molecule has 0 radical (unpaired) electrons. The van der Waals surface area contributed by atoms with E-state index in [1.807, 2.05) is 48.5 Å². The Kier molecular flexibility index (Phi) is 5.38. The first-order valence-corrected chi connectivity index (χ1v) is 8.54. The number of carbonyl (C=O) groups is 1. The molecule has 126 valence electrons. The number of anilines is 1. The normalized spacial score (nSPS) is 16.7. The lowest BCUT2D eigenvalue weighted by atomic mass is 10.0. The number of carbonyl (C=O) groups excluding carboxylic acids is 1. The highest BCUT2D eigenvalue weighted by molar-refractivity contribution is 6.30. The fourth-order valence-corrected chi connectivity index (χ4v) is 3.50. The maximum atomic E-state index is 12.3. The molecule has 2 aromatic carbocycles. The molecule has 0 aliphatic carbocycles. The van der Waals surface area contributed by atoms with Crippen LogP contribution in [0, 0.1) is 0 Å². The summed E-state index contributed by atoms with van der Waals surface area (Å²) in [6, 6.07) is 17.5. The molecule has 0 bridgehead atoms. The van der Waals surface area contributed by atoms with Gasteiger partial charge < -0.3 is 14.5 Å². The van der Waals surface area contributed by atoms with Gasteiger partial charge in [-0.15, -0.1) is 0 Å². The minimum atomic E-state index is -0.266. The van der Waals surface area contributed by atoms with E-state index >= 15 is 0 Å². The summed E-state index contributed by atoms with van der Waals surface area (Å²) in [6.45, 7) is 3.52. The van der Waals surface area contributed by atoms with Gasteiger partial charge >= 0.3 is 5.97 Å². The Labute approximate surface area is 147 Å². The third-order valence-corrected chi connectivity index (χ3v) is 4.79. The number of methoxy groups -OCH3 is 1. The predicted molar refractivity (Wildman–Crippen MR) is 95.6 cm³/mol. The van der Waals surface area contributed by atoms with E-state index in [0.717, 1.165) is 42.5 Å². The van der Waals surface area contributed by atoms with E-state index in [1.54, 1.807) is 0 Å². The van der Waals surface area contributed by atoms with Crippen LogP contribution in [0.4, 0.5) is 5.69 Å². The maximum absolute atomic E-state index is 12.3. The molecule has 3 rings (SSSR count). The van der Waals surface area contributed by atoms with E-state index in [4.69, 9.17) is 16.3 Å². The number of rotatable bonds is 4. The molecule has 0 spiro atoms. The van der Waals surface area contributed by atoms with Crippen molar-refractivity contribution in [3.63, 3.8) is 0 Å². The summed E-state index contributed by atoms with van der Waals surface area (Å²) in [4.78, 5) is 15.9. The molecule has 1 atom stereocenters. The number of hydrogen-bond acceptors (Lipinski definition) is 3. The van der Waals surface area contributed by atoms with Crippen molar-refractivity contribution in [3.05, 3.63) is 65.2 Å². The number of piperazine rings is 1. The monoisotopic (exact) mass is 345 g/mol. The topological polar surface area (TPSA) is 34.0 Å². The van der Waals surface area contributed by atoms with Crippen LogP contribution < -0.4 is 9.80 Å². The lowest BCUT2D eigenvalue weighted by molar-refractivity contribution is -0.923. The van der Waals surface area contributed by atoms with Crippen molar-refractivity contribution < 1.29 is 14.4 Å². The summed E-state index contributed by atoms with van der Waals surface area (Å²) in [5, 5.41) is 0.749. The Bertz CT molecular complexity index is 685. The SMILES string of the molecule is COC(=O)[C@@H](c1ccccc1)[NH+]1CCN(c2cccc(Cl)c2)CC1. The molecule has 1 aliphatic rings. The van der Waals surface area contributed by atoms with Crippen LogP contribution in [0.15, 0.2) is 54.6 Å². The second-order valence-corrected chi connectivity index (χ2v) is 6.43. The van der Waals surface area contributed by atoms with E-state index in [-0.39, 0.29) is 12.0 Å². The first kappa shape index (κ1) is 16.8. The van der Waals surface area contributed by atoms with Crippen LogP contribution in [-0.2, 0) is 9.53 Å². The fraction of sp³-hybridized carbons (Fsp3) is 0.316. The molecule has 1 aliphatic heterocycles. The molecule has 2 aromatic rings. The maximum Gasteiger partial charge on any atom is 0.369 e. The smallest absolute Gasteiger partial charge is 0.369 e. The van der Waals surface area contributed by atoms with Crippen molar-refractivity contribution in [1.82, 2.24) is 0 Å². The van der Waals surface area contributed by atoms with Crippen molar-refractivity contribution in [2.24, 2.45) is 0 Å². The molecule has 0 aromatic heterocycles. The third-order valence-electron chi connectivity index (χ3n) is 4.56. The van der Waals surface area contributed by atoms with Gasteiger partial charge in [0.1, 0.15) is 0 Å². The third kappa shape index (κ3) is 3.71. The number of ether oxygens (including phenoxy) is 1. The standard InChI is InChI=1S/C19H21ClN2O2/c1-24-19(23)18(15-6-3-2-4-7-15)22-12-10-21(11-13-22)17-9-5-8-16(20)14-17/h2-9,14,18H,10-13H2,1H3/p+1/t18-/m1/s1. The van der Waals surface area contributed by atoms with Gasteiger partial charge in [-0.2, -0.15) is 0 Å². The summed E-state index contributed by atoms with van der Waals surface area (Å²) in [7, 11) is 1.46. The molecule has 1 saturated heterocycles. The molecule has 4 nitrogen and oxygen atoms in total. The van der Waals surface area contributed by atoms with E-state index in [2.05, 4.69) is 11.0 Å². The molecular weight excluding hydrogens is 324 g/mol. The highest BCUT2D eigenvalue weighted by Gasteiger charge is 2.34. The van der Waals surface area contributed by atoms with Crippen LogP contribution in [0.5, 0.6) is 0 Å². The molecular formula is C19H22ClN2O2+. The highest BCUT2D eigenvalue weighted by Crippen LogP contribution is 2.20. The summed E-state index contributed by atoms with van der Waals surface area (Å²) >= 11 is 6.09. The van der Waals surface area contributed by atoms with E-state index < -0.39 is 0 Å². The largest absolute Gasteiger partial charge is 0.464 e. The summed E-state index contributed by atoms with van der Waals surface area (Å²) in [5.41, 5.74) is 2.14. The zero-order valence-electron chi connectivity index (χ0n) is 13.7. The zero-order chi connectivity index (χ0) is 16.9. The number of hydrogen-bond donors (Lipinski definition) is 1. The molecule has 5 heteroatoms. The quantitative estimate of drug-likeness (QED) is 0.860. The van der Waals surface area contributed by atoms with Gasteiger partial charge in [-0.1, -0.05) is 48.0 Å². The lowest BCUT2D eigenvalue weighted by Gasteiger charge is -2.36. The minimum Gasteiger partial charge on any atom is -0.464 e. The molecule has 1 fully saturated rings. The van der Waals surface area contributed by atoms with E-state index in [1.165, 1.54) is 12.0 Å². The second kappa shape index (κ2) is 7.69. The fourth-order valence-electron chi connectivity index (χ4n) is 3.32. The van der Waals surface area contributed by atoms with Crippen LogP contribution >= 0.6 is 11.6 Å². The predicted octanol–water partition coefficient (Wildman–Crippen LogP) is 1.96. The first-order valence-electron chi connectivity index (χ1n) is 8.17. The molecule has 24 heavy (non-hydrogen) atoms. The number of nitrogens with one attached hydrogen (secondary N) is 1. The number of benzene rings is 2. The minimum absolute atomic E-state index is 0.174. The summed E-state index contributed by atoms with van der Waals surface area (Å²) in [5.74, 6) is -0.174. The Morgan fingerprint density at radius 1 is 1.12 bits per heavy atom. The molecule has 0 amide bonds. The van der Waals surface area contributed by atoms with Crippen LogP contribution in [-0.4, -0.2) is 39.3 Å². The van der Waals surface area contributed by atoms with Crippen LogP contribution in [0.2, 0.25) is 5.02 Å². The second-order valence-electron chi connectivity index (χ2n) is 5.99. The van der Waals surface area contributed by atoms with Gasteiger partial charge in [0, 0.05) is 16.3 Å². The molecule has 0 saturated carbocycles. The van der Waals surface area contributed by atoms with Crippen molar-refractivity contribution >= 4 is 23.3 Å². The van der Waals surface area contributed by atoms with Gasteiger partial charge in [0.05, 0.1) is 33.3 Å². The average molecular weight is 346 g/mol. The van der Waals surface area contributed by atoms with Crippen LogP contribution in [0.1, 0.15) is 11.6 Å². The van der Waals surface area contributed by atoms with Gasteiger partial charge in [-0.05, 0) is 18.2 Å². The van der Waals surface area contributed by atoms with Gasteiger partial charge in [-0.3, -0.25) is 0 Å². The summed E-state index contributed by atoms with van der Waals surface area (Å²) < 4.78 is 5.06. The van der Waals surface area contributed by atoms with Crippen molar-refractivity contribution in [2.45, 2.75) is 6.04 Å². The average Bonchev–Trinajstić information content (AvgIpc) is 2.63. The zero-order valence-corrected chi connectivity index (χ0v) is 14.5. The Hall–Kier alpha value is -2.04. The van der Waals surface area contributed by atoms with Gasteiger partial charge in [0.25, 0.3) is 0 Å². The van der Waals surface area contributed by atoms with Crippen LogP contribution in [0.3, 0.4) is 0 Å². The van der Waals surface area contributed by atoms with Crippen LogP contribution in [0.25, 0.3) is 0 Å². The van der Waals surface area contributed by atoms with Gasteiger partial charge in [0.15, 0.2) is 0 Å². The van der Waals surface area contributed by atoms with Crippen molar-refractivity contribution in [3.8, 4) is 0 Å². The first-order chi connectivity index (χ1) is 11.7. The Morgan fingerprint density at radius 2 is 1.83 bits per heavy atom. The highest BCUT2D eigenvalue weighted by atomic mass is 35.5. The number of nitrogens with zero attached hydrogens (tertiary/aromatic N) is 1. The Morgan fingerprint density at radius 3 is 2.46 bits per heavy atom. The van der Waals surface area contributed by atoms with Crippen molar-refractivity contribution in [2.75, 3.05) is 38.2 Å². The molecule has 1 heterocycles. The lowest BCUT2D eigenvalue weighted by Crippen LogP contribution is -3.16. The van der Waals surface area contributed by atoms with Crippen molar-refractivity contribution in [1.29, 1.82) is 0 Å². The molecule has 0 unspecified atom stereocenters. The number of quaternary nitrogens is 1. The van der Waals surface area contributed by atoms with Gasteiger partial charge in [0.2, 0.25) is 6.04 Å². The van der Waals surface area contributed by atoms with E-state index in [9.17, 15) is 4.79 Å².